The van der Waals surface area contributed by atoms with E-state index in [2.05, 4.69) is 5.32 Å². The lowest BCUT2D eigenvalue weighted by atomic mass is 9.94. The fraction of sp³-hybridized carbons (Fsp3) is 0.929. The molecule has 1 aliphatic rings. The lowest BCUT2D eigenvalue weighted by molar-refractivity contribution is -0.155. The molecule has 1 unspecified atom stereocenters. The van der Waals surface area contributed by atoms with Crippen molar-refractivity contribution in [3.05, 3.63) is 0 Å². The van der Waals surface area contributed by atoms with Gasteiger partial charge in [0.15, 0.2) is 0 Å². The van der Waals surface area contributed by atoms with Crippen LogP contribution in [-0.2, 0) is 19.0 Å². The minimum absolute atomic E-state index is 0.200. The fourth-order valence-electron chi connectivity index (χ4n) is 2.13. The molecule has 5 heteroatoms. The van der Waals surface area contributed by atoms with Crippen LogP contribution in [0.4, 0.5) is 0 Å². The molecule has 1 fully saturated rings. The van der Waals surface area contributed by atoms with Gasteiger partial charge in [0, 0.05) is 0 Å². The van der Waals surface area contributed by atoms with Crippen LogP contribution in [0.25, 0.3) is 0 Å². The number of nitrogens with one attached hydrogen (secondary N) is 1. The summed E-state index contributed by atoms with van der Waals surface area (Å²) < 4.78 is 16.2. The molecule has 0 aliphatic heterocycles. The van der Waals surface area contributed by atoms with Crippen LogP contribution >= 0.6 is 0 Å². The molecule has 1 aliphatic carbocycles. The Morgan fingerprint density at radius 2 is 2.05 bits per heavy atom. The lowest BCUT2D eigenvalue weighted by Gasteiger charge is -2.31. The number of hydrogen-bond donors (Lipinski definition) is 1. The summed E-state index contributed by atoms with van der Waals surface area (Å²) in [5, 5.41) is 3.12. The smallest absolute Gasteiger partial charge is 0.329 e. The Hall–Kier alpha value is -0.650. The third-order valence-corrected chi connectivity index (χ3v) is 3.37. The molecular formula is C14H27NO4. The monoisotopic (exact) mass is 273 g/mol. The summed E-state index contributed by atoms with van der Waals surface area (Å²) in [6, 6.07) is 0. The first-order valence-corrected chi connectivity index (χ1v) is 7.12. The van der Waals surface area contributed by atoms with Gasteiger partial charge in [0.25, 0.3) is 0 Å². The van der Waals surface area contributed by atoms with Gasteiger partial charge in [-0.05, 0) is 46.6 Å². The second kappa shape index (κ2) is 7.82. The topological polar surface area (TPSA) is 56.8 Å². The molecule has 5 nitrogen and oxygen atoms in total. The predicted octanol–water partition coefficient (Wildman–Crippen LogP) is 1.36. The standard InChI is InChI=1S/C14H27NO4/c1-5-18-13(16)14(15-4,12-6-7-12)10-17-8-9-19-11(2)3/h11-12,15H,5-10H2,1-4H3. The van der Waals surface area contributed by atoms with E-state index in [1.807, 2.05) is 20.8 Å². The molecule has 1 saturated carbocycles. The van der Waals surface area contributed by atoms with Gasteiger partial charge in [-0.15, -0.1) is 0 Å². The highest BCUT2D eigenvalue weighted by atomic mass is 16.5. The summed E-state index contributed by atoms with van der Waals surface area (Å²) in [7, 11) is 1.79. The van der Waals surface area contributed by atoms with Gasteiger partial charge in [-0.1, -0.05) is 0 Å². The number of esters is 1. The lowest BCUT2D eigenvalue weighted by Crippen LogP contribution is -2.57. The SMILES string of the molecule is CCOC(=O)C(COCCOC(C)C)(NC)C1CC1. The zero-order valence-electron chi connectivity index (χ0n) is 12.5. The van der Waals surface area contributed by atoms with Crippen LogP contribution in [0.2, 0.25) is 0 Å². The van der Waals surface area contributed by atoms with Gasteiger partial charge in [-0.25, -0.2) is 4.79 Å². The molecule has 19 heavy (non-hydrogen) atoms. The number of rotatable bonds is 10. The van der Waals surface area contributed by atoms with Gasteiger partial charge in [0.05, 0.1) is 32.5 Å². The molecule has 0 aromatic carbocycles. The quantitative estimate of drug-likeness (QED) is 0.481. The molecule has 112 valence electrons. The van der Waals surface area contributed by atoms with E-state index in [1.54, 1.807) is 7.05 Å². The maximum absolute atomic E-state index is 12.2. The number of carbonyl (C=O) groups excluding carboxylic acids is 1. The molecule has 0 radical (unpaired) electrons. The van der Waals surface area contributed by atoms with Crippen molar-refractivity contribution < 1.29 is 19.0 Å². The van der Waals surface area contributed by atoms with E-state index in [1.165, 1.54) is 0 Å². The summed E-state index contributed by atoms with van der Waals surface area (Å²) in [5.74, 6) is 0.118. The highest BCUT2D eigenvalue weighted by Gasteiger charge is 2.51. The van der Waals surface area contributed by atoms with Gasteiger partial charge in [-0.3, -0.25) is 0 Å². The highest BCUT2D eigenvalue weighted by Crippen LogP contribution is 2.40. The summed E-state index contributed by atoms with van der Waals surface area (Å²) >= 11 is 0. The molecular weight excluding hydrogens is 246 g/mol. The largest absolute Gasteiger partial charge is 0.465 e. The molecule has 1 atom stereocenters. The second-order valence-corrected chi connectivity index (χ2v) is 5.19. The van der Waals surface area contributed by atoms with Crippen molar-refractivity contribution in [2.75, 3.05) is 33.5 Å². The van der Waals surface area contributed by atoms with Crippen molar-refractivity contribution in [2.45, 2.75) is 45.3 Å². The zero-order valence-corrected chi connectivity index (χ0v) is 12.5. The van der Waals surface area contributed by atoms with Crippen molar-refractivity contribution in [3.8, 4) is 0 Å². The molecule has 0 bridgehead atoms. The summed E-state index contributed by atoms with van der Waals surface area (Å²) in [4.78, 5) is 12.2. The van der Waals surface area contributed by atoms with E-state index in [4.69, 9.17) is 14.2 Å². The molecule has 0 spiro atoms. The minimum Gasteiger partial charge on any atom is -0.465 e. The van der Waals surface area contributed by atoms with Gasteiger partial charge in [0.1, 0.15) is 5.54 Å². The molecule has 0 amide bonds. The third-order valence-electron chi connectivity index (χ3n) is 3.37. The van der Waals surface area contributed by atoms with E-state index >= 15 is 0 Å². The highest BCUT2D eigenvalue weighted by molar-refractivity contribution is 5.82. The van der Waals surface area contributed by atoms with E-state index < -0.39 is 5.54 Å². The Balaban J connectivity index is 2.43. The average molecular weight is 273 g/mol. The van der Waals surface area contributed by atoms with E-state index in [0.717, 1.165) is 12.8 Å². The Labute approximate surface area is 116 Å². The first-order chi connectivity index (χ1) is 9.06. The molecule has 0 saturated heterocycles. The van der Waals surface area contributed by atoms with E-state index in [9.17, 15) is 4.79 Å². The summed E-state index contributed by atoms with van der Waals surface area (Å²) in [6.45, 7) is 7.57. The van der Waals surface area contributed by atoms with Gasteiger partial charge in [0.2, 0.25) is 0 Å². The Kier molecular flexibility index (Phi) is 6.75. The molecule has 0 heterocycles. The van der Waals surface area contributed by atoms with E-state index in [-0.39, 0.29) is 12.1 Å². The summed E-state index contributed by atoms with van der Waals surface area (Å²) in [6.07, 6.45) is 2.29. The van der Waals surface area contributed by atoms with Crippen molar-refractivity contribution in [3.63, 3.8) is 0 Å². The van der Waals surface area contributed by atoms with Crippen LogP contribution < -0.4 is 5.32 Å². The minimum atomic E-state index is -0.687. The van der Waals surface area contributed by atoms with Gasteiger partial charge < -0.3 is 19.5 Å². The van der Waals surface area contributed by atoms with Crippen LogP contribution in [0, 0.1) is 5.92 Å². The maximum atomic E-state index is 12.2. The Bertz CT molecular complexity index is 279. The van der Waals surface area contributed by atoms with Gasteiger partial charge in [-0.2, -0.15) is 0 Å². The fourth-order valence-corrected chi connectivity index (χ4v) is 2.13. The van der Waals surface area contributed by atoms with Gasteiger partial charge >= 0.3 is 5.97 Å². The van der Waals surface area contributed by atoms with Crippen LogP contribution in [0.5, 0.6) is 0 Å². The third kappa shape index (κ3) is 4.75. The molecule has 1 N–H and O–H groups in total. The first kappa shape index (κ1) is 16.4. The predicted molar refractivity (Wildman–Crippen MR) is 73.1 cm³/mol. The normalized spacial score (nSPS) is 18.4. The maximum Gasteiger partial charge on any atom is 0.329 e. The molecule has 1 rings (SSSR count). The Morgan fingerprint density at radius 3 is 2.53 bits per heavy atom. The van der Waals surface area contributed by atoms with Crippen LogP contribution in [-0.4, -0.2) is 51.1 Å². The summed E-state index contributed by atoms with van der Waals surface area (Å²) in [5.41, 5.74) is -0.687. The van der Waals surface area contributed by atoms with Crippen LogP contribution in [0.1, 0.15) is 33.6 Å². The van der Waals surface area contributed by atoms with Crippen LogP contribution in [0.15, 0.2) is 0 Å². The Morgan fingerprint density at radius 1 is 1.37 bits per heavy atom. The van der Waals surface area contributed by atoms with Crippen LogP contribution in [0.3, 0.4) is 0 Å². The number of carbonyl (C=O) groups is 1. The van der Waals surface area contributed by atoms with Crippen molar-refractivity contribution in [2.24, 2.45) is 5.92 Å². The second-order valence-electron chi connectivity index (χ2n) is 5.19. The zero-order chi connectivity index (χ0) is 14.3. The molecule has 0 aromatic rings. The number of ether oxygens (including phenoxy) is 3. The number of hydrogen-bond acceptors (Lipinski definition) is 5. The van der Waals surface area contributed by atoms with Crippen molar-refractivity contribution in [1.29, 1.82) is 0 Å². The van der Waals surface area contributed by atoms with Crippen molar-refractivity contribution >= 4 is 5.97 Å². The van der Waals surface area contributed by atoms with E-state index in [0.29, 0.717) is 32.3 Å². The molecule has 0 aromatic heterocycles. The average Bonchev–Trinajstić information content (AvgIpc) is 3.18. The first-order valence-electron chi connectivity index (χ1n) is 7.12. The van der Waals surface area contributed by atoms with Crippen molar-refractivity contribution in [1.82, 2.24) is 5.32 Å². The number of likely N-dealkylation sites (N-methyl/N-ethyl adjacent to an activating group) is 1.